The first kappa shape index (κ1) is 15.1. The maximum Gasteiger partial charge on any atom is 0.225 e. The highest BCUT2D eigenvalue weighted by Crippen LogP contribution is 2.15. The van der Waals surface area contributed by atoms with E-state index in [-0.39, 0.29) is 5.91 Å². The molecule has 0 radical (unpaired) electrons. The molecule has 2 N–H and O–H groups in total. The summed E-state index contributed by atoms with van der Waals surface area (Å²) in [4.78, 5) is 11.8. The van der Waals surface area contributed by atoms with Gasteiger partial charge in [0.2, 0.25) is 5.91 Å². The van der Waals surface area contributed by atoms with E-state index in [0.717, 1.165) is 17.2 Å². The van der Waals surface area contributed by atoms with Crippen LogP contribution in [0.15, 0.2) is 47.1 Å². The fraction of sp³-hybridized carbons (Fsp3) is 0.312. The molecule has 0 aliphatic heterocycles. The van der Waals surface area contributed by atoms with Crippen LogP contribution in [0, 0.1) is 0 Å². The number of carbonyl (C=O) groups excluding carboxylic acids is 1. The largest absolute Gasteiger partial charge is 0.494 e. The van der Waals surface area contributed by atoms with Crippen molar-refractivity contribution in [3.8, 4) is 5.75 Å². The Labute approximate surface area is 124 Å². The number of hydrogen-bond donors (Lipinski definition) is 2. The number of rotatable bonds is 8. The predicted molar refractivity (Wildman–Crippen MR) is 81.3 cm³/mol. The second-order valence-corrected chi connectivity index (χ2v) is 4.51. The first-order valence-electron chi connectivity index (χ1n) is 7.03. The summed E-state index contributed by atoms with van der Waals surface area (Å²) >= 11 is 0. The second kappa shape index (κ2) is 8.11. The smallest absolute Gasteiger partial charge is 0.225 e. The molecule has 1 amide bonds. The third-order valence-electron chi connectivity index (χ3n) is 2.86. The highest BCUT2D eigenvalue weighted by atomic mass is 16.5. The molecule has 0 bridgehead atoms. The van der Waals surface area contributed by atoms with Crippen molar-refractivity contribution in [2.24, 2.45) is 0 Å². The topological polar surface area (TPSA) is 63.5 Å². The number of furan rings is 1. The van der Waals surface area contributed by atoms with E-state index in [1.807, 2.05) is 43.3 Å². The number of nitrogens with one attached hydrogen (secondary N) is 2. The van der Waals surface area contributed by atoms with Crippen molar-refractivity contribution in [1.82, 2.24) is 5.32 Å². The summed E-state index contributed by atoms with van der Waals surface area (Å²) in [6.45, 7) is 3.80. The van der Waals surface area contributed by atoms with Gasteiger partial charge in [-0.15, -0.1) is 0 Å². The van der Waals surface area contributed by atoms with Crippen LogP contribution in [-0.2, 0) is 11.3 Å². The highest BCUT2D eigenvalue weighted by Gasteiger charge is 2.03. The highest BCUT2D eigenvalue weighted by molar-refractivity contribution is 5.90. The molecule has 2 rings (SSSR count). The van der Waals surface area contributed by atoms with Gasteiger partial charge < -0.3 is 19.8 Å². The van der Waals surface area contributed by atoms with Crippen LogP contribution < -0.4 is 15.4 Å². The SMILES string of the molecule is CCOc1ccc(NC(=O)CCNCc2ccco2)cc1. The molecule has 2 aromatic rings. The van der Waals surface area contributed by atoms with Gasteiger partial charge in [-0.25, -0.2) is 0 Å². The van der Waals surface area contributed by atoms with Gasteiger partial charge in [0.15, 0.2) is 0 Å². The molecule has 1 aromatic heterocycles. The minimum absolute atomic E-state index is 0.0221. The van der Waals surface area contributed by atoms with E-state index < -0.39 is 0 Å². The summed E-state index contributed by atoms with van der Waals surface area (Å²) < 4.78 is 10.5. The van der Waals surface area contributed by atoms with Crippen LogP contribution in [-0.4, -0.2) is 19.1 Å². The number of carbonyl (C=O) groups is 1. The molecular formula is C16H20N2O3. The first-order valence-corrected chi connectivity index (χ1v) is 7.03. The molecule has 0 saturated carbocycles. The molecule has 5 heteroatoms. The first-order chi connectivity index (χ1) is 10.3. The van der Waals surface area contributed by atoms with E-state index in [2.05, 4.69) is 10.6 Å². The summed E-state index contributed by atoms with van der Waals surface area (Å²) in [5, 5.41) is 6.00. The average molecular weight is 288 g/mol. The van der Waals surface area contributed by atoms with E-state index in [1.165, 1.54) is 0 Å². The monoisotopic (exact) mass is 288 g/mol. The number of benzene rings is 1. The van der Waals surface area contributed by atoms with E-state index in [0.29, 0.717) is 26.1 Å². The molecule has 1 aromatic carbocycles. The summed E-state index contributed by atoms with van der Waals surface area (Å²) in [7, 11) is 0. The Morgan fingerprint density at radius 2 is 2.05 bits per heavy atom. The van der Waals surface area contributed by atoms with Crippen molar-refractivity contribution < 1.29 is 13.9 Å². The molecule has 0 atom stereocenters. The maximum atomic E-state index is 11.8. The average Bonchev–Trinajstić information content (AvgIpc) is 2.99. The Hall–Kier alpha value is -2.27. The van der Waals surface area contributed by atoms with Crippen LogP contribution in [0.5, 0.6) is 5.75 Å². The third kappa shape index (κ3) is 5.31. The van der Waals surface area contributed by atoms with E-state index in [1.54, 1.807) is 6.26 Å². The molecule has 112 valence electrons. The van der Waals surface area contributed by atoms with Crippen molar-refractivity contribution in [2.45, 2.75) is 19.9 Å². The molecule has 0 aliphatic carbocycles. The van der Waals surface area contributed by atoms with Crippen LogP contribution in [0.1, 0.15) is 19.1 Å². The molecule has 21 heavy (non-hydrogen) atoms. The van der Waals surface area contributed by atoms with E-state index in [9.17, 15) is 4.79 Å². The molecule has 0 fully saturated rings. The van der Waals surface area contributed by atoms with Gasteiger partial charge >= 0.3 is 0 Å². The van der Waals surface area contributed by atoms with Gasteiger partial charge in [0, 0.05) is 18.7 Å². The Bertz CT molecular complexity index is 535. The quantitative estimate of drug-likeness (QED) is 0.733. The van der Waals surface area contributed by atoms with Gasteiger partial charge in [-0.1, -0.05) is 0 Å². The zero-order chi connectivity index (χ0) is 14.9. The number of amides is 1. The van der Waals surface area contributed by atoms with Crippen molar-refractivity contribution in [2.75, 3.05) is 18.5 Å². The van der Waals surface area contributed by atoms with Gasteiger partial charge in [0.25, 0.3) is 0 Å². The van der Waals surface area contributed by atoms with Crippen LogP contribution in [0.2, 0.25) is 0 Å². The zero-order valence-corrected chi connectivity index (χ0v) is 12.1. The van der Waals surface area contributed by atoms with Crippen LogP contribution >= 0.6 is 0 Å². The second-order valence-electron chi connectivity index (χ2n) is 4.51. The van der Waals surface area contributed by atoms with Crippen LogP contribution in [0.3, 0.4) is 0 Å². The van der Waals surface area contributed by atoms with Gasteiger partial charge in [-0.2, -0.15) is 0 Å². The summed E-state index contributed by atoms with van der Waals surface area (Å²) in [5.74, 6) is 1.64. The fourth-order valence-corrected chi connectivity index (χ4v) is 1.85. The van der Waals surface area contributed by atoms with Crippen molar-refractivity contribution in [3.05, 3.63) is 48.4 Å². The molecule has 0 spiro atoms. The number of ether oxygens (including phenoxy) is 1. The summed E-state index contributed by atoms with van der Waals surface area (Å²) in [5.41, 5.74) is 0.773. The molecule has 0 aliphatic rings. The van der Waals surface area contributed by atoms with Crippen molar-refractivity contribution in [1.29, 1.82) is 0 Å². The normalized spacial score (nSPS) is 10.3. The zero-order valence-electron chi connectivity index (χ0n) is 12.1. The summed E-state index contributed by atoms with van der Waals surface area (Å²) in [6.07, 6.45) is 2.05. The lowest BCUT2D eigenvalue weighted by Gasteiger charge is -2.07. The predicted octanol–water partition coefficient (Wildman–Crippen LogP) is 2.80. The Morgan fingerprint density at radius 1 is 1.24 bits per heavy atom. The Morgan fingerprint density at radius 3 is 2.71 bits per heavy atom. The van der Waals surface area contributed by atoms with Gasteiger partial charge in [-0.05, 0) is 43.3 Å². The lowest BCUT2D eigenvalue weighted by Crippen LogP contribution is -2.21. The number of anilines is 1. The molecule has 5 nitrogen and oxygen atoms in total. The fourth-order valence-electron chi connectivity index (χ4n) is 1.85. The standard InChI is InChI=1S/C16H20N2O3/c1-2-20-14-7-5-13(6-8-14)18-16(19)9-10-17-12-15-4-3-11-21-15/h3-8,11,17H,2,9-10,12H2,1H3,(H,18,19). The van der Waals surface area contributed by atoms with Crippen LogP contribution in [0.25, 0.3) is 0 Å². The van der Waals surface area contributed by atoms with Crippen LogP contribution in [0.4, 0.5) is 5.69 Å². The minimum atomic E-state index is -0.0221. The molecule has 0 saturated heterocycles. The number of hydrogen-bond acceptors (Lipinski definition) is 4. The van der Waals surface area contributed by atoms with Gasteiger partial charge in [0.1, 0.15) is 11.5 Å². The lowest BCUT2D eigenvalue weighted by atomic mass is 10.3. The molecule has 1 heterocycles. The van der Waals surface area contributed by atoms with E-state index >= 15 is 0 Å². The Kier molecular flexibility index (Phi) is 5.84. The summed E-state index contributed by atoms with van der Waals surface area (Å²) in [6, 6.07) is 11.1. The third-order valence-corrected chi connectivity index (χ3v) is 2.86. The van der Waals surface area contributed by atoms with E-state index in [4.69, 9.17) is 9.15 Å². The van der Waals surface area contributed by atoms with Crippen molar-refractivity contribution in [3.63, 3.8) is 0 Å². The van der Waals surface area contributed by atoms with Crippen molar-refractivity contribution >= 4 is 11.6 Å². The van der Waals surface area contributed by atoms with Gasteiger partial charge in [-0.3, -0.25) is 4.79 Å². The minimum Gasteiger partial charge on any atom is -0.494 e. The molecular weight excluding hydrogens is 268 g/mol. The lowest BCUT2D eigenvalue weighted by molar-refractivity contribution is -0.116. The Balaban J connectivity index is 1.66. The molecule has 0 unspecified atom stereocenters. The van der Waals surface area contributed by atoms with Gasteiger partial charge in [0.05, 0.1) is 19.4 Å². The maximum absolute atomic E-state index is 11.8.